The fraction of sp³-hybridized carbons (Fsp3) is 0.364. The van der Waals surface area contributed by atoms with Crippen molar-refractivity contribution >= 4 is 27.7 Å². The van der Waals surface area contributed by atoms with E-state index in [0.29, 0.717) is 16.0 Å². The second kappa shape index (κ2) is 8.63. The maximum atomic E-state index is 13.1. The first kappa shape index (κ1) is 20.7. The lowest BCUT2D eigenvalue weighted by atomic mass is 9.99. The van der Waals surface area contributed by atoms with Crippen molar-refractivity contribution in [3.05, 3.63) is 58.3 Å². The van der Waals surface area contributed by atoms with Crippen molar-refractivity contribution < 1.29 is 23.5 Å². The lowest BCUT2D eigenvalue weighted by molar-refractivity contribution is -0.139. The number of primary amides is 1. The summed E-state index contributed by atoms with van der Waals surface area (Å²) in [5.41, 5.74) is 5.63. The minimum Gasteiger partial charge on any atom is -0.490 e. The zero-order valence-corrected chi connectivity index (χ0v) is 17.8. The molecule has 2 unspecified atom stereocenters. The smallest absolute Gasteiger partial charge is 0.261 e. The number of halogens is 2. The first-order chi connectivity index (χ1) is 14.4. The Morgan fingerprint density at radius 2 is 1.77 bits per heavy atom. The molecule has 30 heavy (non-hydrogen) atoms. The molecular weight excluding hydrogens is 455 g/mol. The number of hydrogen-bond donors (Lipinski definition) is 1. The summed E-state index contributed by atoms with van der Waals surface area (Å²) in [6.07, 6.45) is 3.29. The zero-order valence-electron chi connectivity index (χ0n) is 16.2. The van der Waals surface area contributed by atoms with Crippen LogP contribution in [-0.2, 0) is 4.79 Å². The molecule has 0 aromatic heterocycles. The Labute approximate surface area is 182 Å². The van der Waals surface area contributed by atoms with Crippen molar-refractivity contribution in [1.82, 2.24) is 4.90 Å². The highest BCUT2D eigenvalue weighted by Crippen LogP contribution is 2.37. The van der Waals surface area contributed by atoms with E-state index in [1.807, 2.05) is 4.90 Å². The SMILES string of the molecule is NC(=O)c1cc(Br)ccc1OCC(=O)N1C2CCC1CC(Oc1ccc(F)cc1)C2. The summed E-state index contributed by atoms with van der Waals surface area (Å²) in [4.78, 5) is 26.4. The highest BCUT2D eigenvalue weighted by molar-refractivity contribution is 9.10. The van der Waals surface area contributed by atoms with E-state index >= 15 is 0 Å². The molecule has 8 heteroatoms. The fourth-order valence-electron chi connectivity index (χ4n) is 4.37. The van der Waals surface area contributed by atoms with Gasteiger partial charge in [0.15, 0.2) is 6.61 Å². The van der Waals surface area contributed by atoms with Crippen LogP contribution in [0, 0.1) is 5.82 Å². The molecule has 2 saturated heterocycles. The van der Waals surface area contributed by atoms with Crippen molar-refractivity contribution in [2.75, 3.05) is 6.61 Å². The minimum atomic E-state index is -0.613. The molecule has 0 saturated carbocycles. The van der Waals surface area contributed by atoms with E-state index in [1.165, 1.54) is 12.1 Å². The Morgan fingerprint density at radius 3 is 2.40 bits per heavy atom. The van der Waals surface area contributed by atoms with E-state index in [4.69, 9.17) is 15.2 Å². The number of hydrogen-bond acceptors (Lipinski definition) is 4. The van der Waals surface area contributed by atoms with Crippen LogP contribution in [0.1, 0.15) is 36.0 Å². The molecule has 2 fully saturated rings. The molecule has 2 aromatic carbocycles. The van der Waals surface area contributed by atoms with Gasteiger partial charge in [0, 0.05) is 29.4 Å². The van der Waals surface area contributed by atoms with E-state index in [9.17, 15) is 14.0 Å². The molecular formula is C22H22BrFN2O4. The van der Waals surface area contributed by atoms with Gasteiger partial charge in [-0.2, -0.15) is 0 Å². The average molecular weight is 477 g/mol. The predicted molar refractivity (Wildman–Crippen MR) is 112 cm³/mol. The standard InChI is InChI=1S/C22H22BrFN2O4/c23-13-1-8-20(19(9-13)22(25)28)29-12-21(27)26-15-4-5-16(26)11-18(10-15)30-17-6-2-14(24)3-7-17/h1-3,6-9,15-16,18H,4-5,10-12H2,(H2,25,28). The average Bonchev–Trinajstić information content (AvgIpc) is 2.99. The van der Waals surface area contributed by atoms with Gasteiger partial charge in [0.1, 0.15) is 23.4 Å². The summed E-state index contributed by atoms with van der Waals surface area (Å²) < 4.78 is 25.4. The number of nitrogens with zero attached hydrogens (tertiary/aromatic N) is 1. The number of rotatable bonds is 6. The van der Waals surface area contributed by atoms with E-state index < -0.39 is 5.91 Å². The number of carbonyl (C=O) groups is 2. The van der Waals surface area contributed by atoms with E-state index in [0.717, 1.165) is 25.7 Å². The van der Waals surface area contributed by atoms with Crippen LogP contribution in [0.2, 0.25) is 0 Å². The zero-order chi connectivity index (χ0) is 21.3. The second-order valence-electron chi connectivity index (χ2n) is 7.64. The predicted octanol–water partition coefficient (Wildman–Crippen LogP) is 3.67. The van der Waals surface area contributed by atoms with Gasteiger partial charge in [-0.15, -0.1) is 0 Å². The summed E-state index contributed by atoms with van der Waals surface area (Å²) in [6.45, 7) is -0.154. The number of piperidine rings is 1. The number of fused-ring (bicyclic) bond motifs is 2. The number of carbonyl (C=O) groups excluding carboxylic acids is 2. The number of ether oxygens (including phenoxy) is 2. The summed E-state index contributed by atoms with van der Waals surface area (Å²) >= 11 is 3.30. The Bertz CT molecular complexity index is 939. The molecule has 2 bridgehead atoms. The van der Waals surface area contributed by atoms with Crippen LogP contribution in [0.3, 0.4) is 0 Å². The van der Waals surface area contributed by atoms with Gasteiger partial charge in [0.05, 0.1) is 5.56 Å². The van der Waals surface area contributed by atoms with Gasteiger partial charge in [-0.3, -0.25) is 9.59 Å². The topological polar surface area (TPSA) is 81.9 Å². The van der Waals surface area contributed by atoms with Crippen LogP contribution in [-0.4, -0.2) is 41.5 Å². The molecule has 6 nitrogen and oxygen atoms in total. The molecule has 0 radical (unpaired) electrons. The molecule has 158 valence electrons. The van der Waals surface area contributed by atoms with Crippen LogP contribution in [0.25, 0.3) is 0 Å². The maximum absolute atomic E-state index is 13.1. The lowest BCUT2D eigenvalue weighted by Gasteiger charge is -2.38. The quantitative estimate of drug-likeness (QED) is 0.689. The Hall–Kier alpha value is -2.61. The van der Waals surface area contributed by atoms with Gasteiger partial charge in [0.25, 0.3) is 11.8 Å². The number of amides is 2. The third-order valence-corrected chi connectivity index (χ3v) is 6.15. The van der Waals surface area contributed by atoms with Gasteiger partial charge >= 0.3 is 0 Å². The van der Waals surface area contributed by atoms with Crippen molar-refractivity contribution in [2.24, 2.45) is 5.73 Å². The maximum Gasteiger partial charge on any atom is 0.261 e. The summed E-state index contributed by atoms with van der Waals surface area (Å²) in [7, 11) is 0. The van der Waals surface area contributed by atoms with E-state index in [-0.39, 0.29) is 42.1 Å². The van der Waals surface area contributed by atoms with Crippen LogP contribution in [0.4, 0.5) is 4.39 Å². The largest absolute Gasteiger partial charge is 0.490 e. The van der Waals surface area contributed by atoms with Crippen LogP contribution < -0.4 is 15.2 Å². The van der Waals surface area contributed by atoms with Crippen LogP contribution in [0.15, 0.2) is 46.9 Å². The van der Waals surface area contributed by atoms with Crippen molar-refractivity contribution in [1.29, 1.82) is 0 Å². The van der Waals surface area contributed by atoms with Crippen LogP contribution in [0.5, 0.6) is 11.5 Å². The summed E-state index contributed by atoms with van der Waals surface area (Å²) in [6, 6.07) is 11.1. The van der Waals surface area contributed by atoms with Gasteiger partial charge in [-0.05, 0) is 55.3 Å². The van der Waals surface area contributed by atoms with Gasteiger partial charge < -0.3 is 20.1 Å². The van der Waals surface area contributed by atoms with Crippen molar-refractivity contribution in [2.45, 2.75) is 43.9 Å². The third kappa shape index (κ3) is 4.43. The summed E-state index contributed by atoms with van der Waals surface area (Å²) in [5.74, 6) is -0.0918. The number of benzene rings is 2. The Kier molecular flexibility index (Phi) is 5.94. The molecule has 2 aromatic rings. The first-order valence-electron chi connectivity index (χ1n) is 9.86. The second-order valence-corrected chi connectivity index (χ2v) is 8.56. The lowest BCUT2D eigenvalue weighted by Crippen LogP contribution is -2.50. The highest BCUT2D eigenvalue weighted by atomic mass is 79.9. The molecule has 0 aliphatic carbocycles. The molecule has 2 atom stereocenters. The Balaban J connectivity index is 1.37. The van der Waals surface area contributed by atoms with Gasteiger partial charge in [-0.1, -0.05) is 15.9 Å². The number of nitrogens with two attached hydrogens (primary N) is 1. The summed E-state index contributed by atoms with van der Waals surface area (Å²) in [5, 5.41) is 0. The highest BCUT2D eigenvalue weighted by Gasteiger charge is 2.44. The van der Waals surface area contributed by atoms with Gasteiger partial charge in [-0.25, -0.2) is 4.39 Å². The first-order valence-corrected chi connectivity index (χ1v) is 10.7. The normalized spacial score (nSPS) is 22.6. The fourth-order valence-corrected chi connectivity index (χ4v) is 4.73. The minimum absolute atomic E-state index is 0.00846. The third-order valence-electron chi connectivity index (χ3n) is 5.65. The van der Waals surface area contributed by atoms with Crippen molar-refractivity contribution in [3.63, 3.8) is 0 Å². The van der Waals surface area contributed by atoms with Gasteiger partial charge in [0.2, 0.25) is 0 Å². The molecule has 2 heterocycles. The monoisotopic (exact) mass is 476 g/mol. The molecule has 2 N–H and O–H groups in total. The molecule has 0 spiro atoms. The molecule has 2 aliphatic heterocycles. The molecule has 4 rings (SSSR count). The molecule has 2 amide bonds. The van der Waals surface area contributed by atoms with Crippen molar-refractivity contribution in [3.8, 4) is 11.5 Å². The van der Waals surface area contributed by atoms with Crippen LogP contribution >= 0.6 is 15.9 Å². The Morgan fingerprint density at radius 1 is 1.10 bits per heavy atom. The van der Waals surface area contributed by atoms with E-state index in [2.05, 4.69) is 15.9 Å². The molecule has 2 aliphatic rings. The van der Waals surface area contributed by atoms with E-state index in [1.54, 1.807) is 30.3 Å².